The van der Waals surface area contributed by atoms with Gasteiger partial charge >= 0.3 is 0 Å². The van der Waals surface area contributed by atoms with Gasteiger partial charge in [-0.2, -0.15) is 0 Å². The van der Waals surface area contributed by atoms with Gasteiger partial charge in [0.25, 0.3) is 5.91 Å². The van der Waals surface area contributed by atoms with E-state index in [0.29, 0.717) is 30.9 Å². The monoisotopic (exact) mass is 279 g/mol. The number of para-hydroxylation sites is 1. The Hall–Kier alpha value is -1.59. The molecular weight excluding hydrogens is 258 g/mol. The molecule has 5 heteroatoms. The van der Waals surface area contributed by atoms with Crippen molar-refractivity contribution in [1.29, 1.82) is 0 Å². The van der Waals surface area contributed by atoms with Gasteiger partial charge in [-0.1, -0.05) is 12.1 Å². The third-order valence-electron chi connectivity index (χ3n) is 3.20. The molecule has 1 atom stereocenters. The molecule has 5 nitrogen and oxygen atoms in total. The summed E-state index contributed by atoms with van der Waals surface area (Å²) in [5.41, 5.74) is 0.517. The van der Waals surface area contributed by atoms with Gasteiger partial charge in [0.15, 0.2) is 0 Å². The molecule has 1 saturated heterocycles. The van der Waals surface area contributed by atoms with E-state index in [1.165, 1.54) is 0 Å². The van der Waals surface area contributed by atoms with Gasteiger partial charge in [0.2, 0.25) is 0 Å². The molecule has 20 heavy (non-hydrogen) atoms. The molecule has 0 radical (unpaired) electrons. The minimum absolute atomic E-state index is 0.0669. The molecule has 1 aliphatic heterocycles. The van der Waals surface area contributed by atoms with Crippen molar-refractivity contribution in [2.75, 3.05) is 26.4 Å². The van der Waals surface area contributed by atoms with E-state index in [1.54, 1.807) is 18.2 Å². The zero-order chi connectivity index (χ0) is 14.2. The van der Waals surface area contributed by atoms with Crippen molar-refractivity contribution in [2.45, 2.75) is 25.4 Å². The Kier molecular flexibility index (Phi) is 5.83. The predicted molar refractivity (Wildman–Crippen MR) is 74.9 cm³/mol. The Morgan fingerprint density at radius 2 is 2.30 bits per heavy atom. The zero-order valence-corrected chi connectivity index (χ0v) is 11.5. The summed E-state index contributed by atoms with van der Waals surface area (Å²) in [5.74, 6) is 0.394. The second-order valence-corrected chi connectivity index (χ2v) is 4.78. The highest BCUT2D eigenvalue weighted by molar-refractivity contribution is 5.96. The summed E-state index contributed by atoms with van der Waals surface area (Å²) in [4.78, 5) is 12.0. The average Bonchev–Trinajstić information content (AvgIpc) is 2.99. The fraction of sp³-hybridized carbons (Fsp3) is 0.533. The zero-order valence-electron chi connectivity index (χ0n) is 11.5. The van der Waals surface area contributed by atoms with Crippen LogP contribution in [0.15, 0.2) is 24.3 Å². The fourth-order valence-electron chi connectivity index (χ4n) is 2.11. The Morgan fingerprint density at radius 1 is 1.45 bits per heavy atom. The van der Waals surface area contributed by atoms with Crippen LogP contribution in [0, 0.1) is 0 Å². The maximum absolute atomic E-state index is 12.0. The predicted octanol–water partition coefficient (Wildman–Crippen LogP) is 1.36. The van der Waals surface area contributed by atoms with Crippen LogP contribution in [-0.2, 0) is 4.74 Å². The number of hydrogen-bond donors (Lipinski definition) is 2. The number of aliphatic hydroxyl groups is 1. The van der Waals surface area contributed by atoms with Crippen molar-refractivity contribution < 1.29 is 19.4 Å². The first kappa shape index (κ1) is 14.8. The Morgan fingerprint density at radius 3 is 3.05 bits per heavy atom. The molecule has 2 rings (SSSR count). The first-order chi connectivity index (χ1) is 9.81. The largest absolute Gasteiger partial charge is 0.490 e. The summed E-state index contributed by atoms with van der Waals surface area (Å²) in [6, 6.07) is 7.17. The van der Waals surface area contributed by atoms with E-state index in [2.05, 4.69) is 5.32 Å². The summed E-state index contributed by atoms with van der Waals surface area (Å²) >= 11 is 0. The second-order valence-electron chi connectivity index (χ2n) is 4.78. The molecule has 1 aromatic carbocycles. The lowest BCUT2D eigenvalue weighted by molar-refractivity contribution is 0.0670. The molecule has 1 aromatic rings. The highest BCUT2D eigenvalue weighted by Crippen LogP contribution is 2.20. The number of nitrogens with one attached hydrogen (secondary N) is 1. The van der Waals surface area contributed by atoms with Crippen LogP contribution in [0.25, 0.3) is 0 Å². The van der Waals surface area contributed by atoms with Crippen molar-refractivity contribution in [1.82, 2.24) is 5.32 Å². The SMILES string of the molecule is O=C(NCCCO)c1ccccc1OCC1CCCO1. The van der Waals surface area contributed by atoms with Crippen molar-refractivity contribution in [2.24, 2.45) is 0 Å². The number of benzene rings is 1. The van der Waals surface area contributed by atoms with Crippen molar-refractivity contribution in [3.05, 3.63) is 29.8 Å². The standard InChI is InChI=1S/C15H21NO4/c17-9-4-8-16-15(18)13-6-1-2-7-14(13)20-11-12-5-3-10-19-12/h1-2,6-7,12,17H,3-5,8-11H2,(H,16,18). The van der Waals surface area contributed by atoms with Gasteiger partial charge in [-0.3, -0.25) is 4.79 Å². The molecule has 1 fully saturated rings. The molecule has 0 saturated carbocycles. The molecule has 1 amide bonds. The van der Waals surface area contributed by atoms with E-state index < -0.39 is 0 Å². The van der Waals surface area contributed by atoms with E-state index in [4.69, 9.17) is 14.6 Å². The molecule has 0 aromatic heterocycles. The van der Waals surface area contributed by atoms with Crippen LogP contribution < -0.4 is 10.1 Å². The summed E-state index contributed by atoms with van der Waals surface area (Å²) in [6.07, 6.45) is 2.74. The first-order valence-corrected chi connectivity index (χ1v) is 7.03. The number of carbonyl (C=O) groups is 1. The maximum atomic E-state index is 12.0. The third kappa shape index (κ3) is 4.21. The van der Waals surface area contributed by atoms with E-state index >= 15 is 0 Å². The molecular formula is C15H21NO4. The highest BCUT2D eigenvalue weighted by Gasteiger charge is 2.18. The smallest absolute Gasteiger partial charge is 0.255 e. The molecule has 0 bridgehead atoms. The quantitative estimate of drug-likeness (QED) is 0.739. The number of hydrogen-bond acceptors (Lipinski definition) is 4. The van der Waals surface area contributed by atoms with E-state index in [-0.39, 0.29) is 18.6 Å². The fourth-order valence-corrected chi connectivity index (χ4v) is 2.11. The van der Waals surface area contributed by atoms with Crippen molar-refractivity contribution >= 4 is 5.91 Å². The molecule has 0 spiro atoms. The molecule has 110 valence electrons. The lowest BCUT2D eigenvalue weighted by Gasteiger charge is -2.14. The third-order valence-corrected chi connectivity index (χ3v) is 3.20. The summed E-state index contributed by atoms with van der Waals surface area (Å²) in [6.45, 7) is 1.78. The van der Waals surface area contributed by atoms with Gasteiger partial charge in [-0.25, -0.2) is 0 Å². The van der Waals surface area contributed by atoms with Crippen LogP contribution in [0.2, 0.25) is 0 Å². The number of rotatable bonds is 7. The van der Waals surface area contributed by atoms with Crippen LogP contribution in [-0.4, -0.2) is 43.5 Å². The van der Waals surface area contributed by atoms with E-state index in [0.717, 1.165) is 19.4 Å². The Labute approximate surface area is 118 Å². The minimum Gasteiger partial charge on any atom is -0.490 e. The summed E-state index contributed by atoms with van der Waals surface area (Å²) in [5, 5.41) is 11.5. The van der Waals surface area contributed by atoms with E-state index in [9.17, 15) is 4.79 Å². The molecule has 0 aliphatic carbocycles. The maximum Gasteiger partial charge on any atom is 0.255 e. The Balaban J connectivity index is 1.92. The van der Waals surface area contributed by atoms with Crippen molar-refractivity contribution in [3.63, 3.8) is 0 Å². The van der Waals surface area contributed by atoms with Crippen molar-refractivity contribution in [3.8, 4) is 5.75 Å². The summed E-state index contributed by atoms with van der Waals surface area (Å²) in [7, 11) is 0. The van der Waals surface area contributed by atoms with Crippen LogP contribution in [0.1, 0.15) is 29.6 Å². The van der Waals surface area contributed by atoms with Gasteiger partial charge in [0.05, 0.1) is 11.7 Å². The number of carbonyl (C=O) groups excluding carboxylic acids is 1. The normalized spacial score (nSPS) is 17.9. The van der Waals surface area contributed by atoms with Gasteiger partial charge in [0.1, 0.15) is 12.4 Å². The highest BCUT2D eigenvalue weighted by atomic mass is 16.5. The lowest BCUT2D eigenvalue weighted by Crippen LogP contribution is -2.26. The van der Waals surface area contributed by atoms with Crippen LogP contribution >= 0.6 is 0 Å². The van der Waals surface area contributed by atoms with Gasteiger partial charge in [0, 0.05) is 19.8 Å². The van der Waals surface area contributed by atoms with Gasteiger partial charge in [-0.15, -0.1) is 0 Å². The number of ether oxygens (including phenoxy) is 2. The second kappa shape index (κ2) is 7.87. The number of aliphatic hydroxyl groups excluding tert-OH is 1. The van der Waals surface area contributed by atoms with E-state index in [1.807, 2.05) is 6.07 Å². The lowest BCUT2D eigenvalue weighted by atomic mass is 10.2. The number of amides is 1. The Bertz CT molecular complexity index is 430. The summed E-state index contributed by atoms with van der Waals surface area (Å²) < 4.78 is 11.2. The van der Waals surface area contributed by atoms with Crippen LogP contribution in [0.5, 0.6) is 5.75 Å². The topological polar surface area (TPSA) is 67.8 Å². The average molecular weight is 279 g/mol. The molecule has 2 N–H and O–H groups in total. The minimum atomic E-state index is -0.179. The molecule has 1 heterocycles. The molecule has 1 aliphatic rings. The van der Waals surface area contributed by atoms with Gasteiger partial charge in [-0.05, 0) is 31.4 Å². The van der Waals surface area contributed by atoms with Crippen LogP contribution in [0.4, 0.5) is 0 Å². The van der Waals surface area contributed by atoms with Gasteiger partial charge < -0.3 is 19.9 Å². The first-order valence-electron chi connectivity index (χ1n) is 7.03. The molecule has 1 unspecified atom stereocenters. The van der Waals surface area contributed by atoms with Crippen LogP contribution in [0.3, 0.4) is 0 Å².